The maximum Gasteiger partial charge on any atom is 0.159 e. The van der Waals surface area contributed by atoms with Gasteiger partial charge in [0.25, 0.3) is 0 Å². The third-order valence-electron chi connectivity index (χ3n) is 1.56. The van der Waals surface area contributed by atoms with Crippen molar-refractivity contribution in [3.63, 3.8) is 0 Å². The maximum atomic E-state index is 10.8. The molecule has 0 aliphatic rings. The van der Waals surface area contributed by atoms with Gasteiger partial charge in [0, 0.05) is 5.56 Å². The minimum atomic E-state index is -0.127. The number of hydrogen-bond acceptors (Lipinski definition) is 3. The summed E-state index contributed by atoms with van der Waals surface area (Å²) >= 11 is 0. The van der Waals surface area contributed by atoms with Gasteiger partial charge in [0.05, 0.1) is 5.56 Å². The van der Waals surface area contributed by atoms with Gasteiger partial charge in [-0.3, -0.25) is 9.59 Å². The van der Waals surface area contributed by atoms with Gasteiger partial charge in [-0.2, -0.15) is 0 Å². The normalized spacial score (nSPS) is 9.42. The molecule has 0 aliphatic heterocycles. The lowest BCUT2D eigenvalue weighted by atomic mass is 10.1. The number of phenolic OH excluding ortho intramolecular Hbond substituents is 1. The molecule has 3 nitrogen and oxygen atoms in total. The van der Waals surface area contributed by atoms with Crippen molar-refractivity contribution in [3.05, 3.63) is 29.3 Å². The number of rotatable bonds is 2. The first-order chi connectivity index (χ1) is 5.65. The molecule has 1 N–H and O–H groups in total. The average Bonchev–Trinajstić information content (AvgIpc) is 2.05. The Balaban J connectivity index is 3.22. The lowest BCUT2D eigenvalue weighted by molar-refractivity contribution is 0.101. The third-order valence-corrected chi connectivity index (χ3v) is 1.56. The molecular weight excluding hydrogens is 156 g/mol. The lowest BCUT2D eigenvalue weighted by Crippen LogP contribution is -1.93. The van der Waals surface area contributed by atoms with Crippen LogP contribution in [0.25, 0.3) is 0 Å². The van der Waals surface area contributed by atoms with Crippen molar-refractivity contribution in [2.24, 2.45) is 0 Å². The summed E-state index contributed by atoms with van der Waals surface area (Å²) in [7, 11) is 0. The van der Waals surface area contributed by atoms with E-state index in [1.54, 1.807) is 0 Å². The van der Waals surface area contributed by atoms with E-state index in [2.05, 4.69) is 0 Å². The SMILES string of the molecule is CC(=O)c1ccc(O)c(C=O)c1. The van der Waals surface area contributed by atoms with Gasteiger partial charge in [0.2, 0.25) is 0 Å². The van der Waals surface area contributed by atoms with Gasteiger partial charge in [-0.1, -0.05) is 0 Å². The van der Waals surface area contributed by atoms with Crippen molar-refractivity contribution in [2.75, 3.05) is 0 Å². The van der Waals surface area contributed by atoms with Gasteiger partial charge in [0.15, 0.2) is 12.1 Å². The Kier molecular flexibility index (Phi) is 2.24. The molecule has 0 atom stereocenters. The number of aldehydes is 1. The Morgan fingerprint density at radius 2 is 2.17 bits per heavy atom. The first kappa shape index (κ1) is 8.46. The second-order valence-corrected chi connectivity index (χ2v) is 2.45. The van der Waals surface area contributed by atoms with Gasteiger partial charge in [0.1, 0.15) is 5.75 Å². The summed E-state index contributed by atoms with van der Waals surface area (Å²) in [6.45, 7) is 1.40. The number of carbonyl (C=O) groups excluding carboxylic acids is 2. The highest BCUT2D eigenvalue weighted by Crippen LogP contribution is 2.16. The zero-order valence-electron chi connectivity index (χ0n) is 6.57. The topological polar surface area (TPSA) is 54.4 Å². The van der Waals surface area contributed by atoms with Crippen molar-refractivity contribution in [1.29, 1.82) is 0 Å². The van der Waals surface area contributed by atoms with Gasteiger partial charge in [-0.05, 0) is 25.1 Å². The Morgan fingerprint density at radius 3 is 2.67 bits per heavy atom. The average molecular weight is 164 g/mol. The van der Waals surface area contributed by atoms with Gasteiger partial charge < -0.3 is 5.11 Å². The largest absolute Gasteiger partial charge is 0.507 e. The van der Waals surface area contributed by atoms with Crippen LogP contribution < -0.4 is 0 Å². The summed E-state index contributed by atoms with van der Waals surface area (Å²) in [4.78, 5) is 21.2. The zero-order chi connectivity index (χ0) is 9.14. The molecular formula is C9H8O3. The molecule has 0 saturated heterocycles. The molecule has 3 heteroatoms. The molecule has 1 rings (SSSR count). The maximum absolute atomic E-state index is 10.8. The van der Waals surface area contributed by atoms with Gasteiger partial charge in [-0.25, -0.2) is 0 Å². The van der Waals surface area contributed by atoms with E-state index in [1.165, 1.54) is 25.1 Å². The minimum Gasteiger partial charge on any atom is -0.507 e. The van der Waals surface area contributed by atoms with E-state index < -0.39 is 0 Å². The zero-order valence-corrected chi connectivity index (χ0v) is 6.57. The van der Waals surface area contributed by atoms with Crippen molar-refractivity contribution in [3.8, 4) is 5.75 Å². The smallest absolute Gasteiger partial charge is 0.159 e. The molecule has 0 amide bonds. The van der Waals surface area contributed by atoms with E-state index in [9.17, 15) is 9.59 Å². The monoisotopic (exact) mass is 164 g/mol. The standard InChI is InChI=1S/C9H8O3/c1-6(11)7-2-3-9(12)8(4-7)5-10/h2-5,12H,1H3. The predicted octanol–water partition coefficient (Wildman–Crippen LogP) is 1.41. The van der Waals surface area contributed by atoms with Gasteiger partial charge in [-0.15, -0.1) is 0 Å². The van der Waals surface area contributed by atoms with Crippen LogP contribution in [0.2, 0.25) is 0 Å². The summed E-state index contributed by atoms with van der Waals surface area (Å²) in [5, 5.41) is 9.07. The Morgan fingerprint density at radius 1 is 1.50 bits per heavy atom. The quantitative estimate of drug-likeness (QED) is 0.531. The molecule has 0 aromatic heterocycles. The van der Waals surface area contributed by atoms with Gasteiger partial charge >= 0.3 is 0 Å². The minimum absolute atomic E-state index is 0.102. The molecule has 0 heterocycles. The molecule has 1 aromatic carbocycles. The molecule has 62 valence electrons. The summed E-state index contributed by atoms with van der Waals surface area (Å²) in [6, 6.07) is 4.18. The summed E-state index contributed by atoms with van der Waals surface area (Å²) < 4.78 is 0. The summed E-state index contributed by atoms with van der Waals surface area (Å²) in [5.41, 5.74) is 0.567. The van der Waals surface area contributed by atoms with Crippen molar-refractivity contribution in [1.82, 2.24) is 0 Å². The summed E-state index contributed by atoms with van der Waals surface area (Å²) in [6.07, 6.45) is 0.516. The fourth-order valence-electron chi connectivity index (χ4n) is 0.868. The molecule has 0 unspecified atom stereocenters. The van der Waals surface area contributed by atoms with Crippen LogP contribution in [0.15, 0.2) is 18.2 Å². The number of benzene rings is 1. The lowest BCUT2D eigenvalue weighted by Gasteiger charge is -1.98. The molecule has 0 saturated carbocycles. The summed E-state index contributed by atoms with van der Waals surface area (Å²) in [5.74, 6) is -0.229. The number of phenols is 1. The fraction of sp³-hybridized carbons (Fsp3) is 0.111. The van der Waals surface area contributed by atoms with Crippen LogP contribution >= 0.6 is 0 Å². The molecule has 0 spiro atoms. The molecule has 0 radical (unpaired) electrons. The van der Waals surface area contributed by atoms with Crippen LogP contribution in [0.4, 0.5) is 0 Å². The number of ketones is 1. The third kappa shape index (κ3) is 1.50. The fourth-order valence-corrected chi connectivity index (χ4v) is 0.868. The van der Waals surface area contributed by atoms with Crippen molar-refractivity contribution in [2.45, 2.75) is 6.92 Å². The second-order valence-electron chi connectivity index (χ2n) is 2.45. The van der Waals surface area contributed by atoms with Crippen LogP contribution in [0.3, 0.4) is 0 Å². The molecule has 12 heavy (non-hydrogen) atoms. The highest BCUT2D eigenvalue weighted by atomic mass is 16.3. The van der Waals surface area contributed by atoms with E-state index >= 15 is 0 Å². The first-order valence-electron chi connectivity index (χ1n) is 3.44. The Hall–Kier alpha value is -1.64. The van der Waals surface area contributed by atoms with Crippen LogP contribution in [-0.4, -0.2) is 17.2 Å². The molecule has 0 aliphatic carbocycles. The van der Waals surface area contributed by atoms with Crippen molar-refractivity contribution >= 4 is 12.1 Å². The number of carbonyl (C=O) groups is 2. The number of hydrogen-bond donors (Lipinski definition) is 1. The second kappa shape index (κ2) is 3.17. The Bertz CT molecular complexity index is 329. The molecule has 1 aromatic rings. The first-order valence-corrected chi connectivity index (χ1v) is 3.44. The van der Waals surface area contributed by atoms with Crippen LogP contribution in [0.5, 0.6) is 5.75 Å². The Labute approximate surface area is 69.6 Å². The van der Waals surface area contributed by atoms with E-state index in [0.29, 0.717) is 11.8 Å². The van der Waals surface area contributed by atoms with E-state index in [0.717, 1.165) is 0 Å². The van der Waals surface area contributed by atoms with E-state index in [1.807, 2.05) is 0 Å². The number of aromatic hydroxyl groups is 1. The highest BCUT2D eigenvalue weighted by molar-refractivity contribution is 5.96. The van der Waals surface area contributed by atoms with E-state index in [-0.39, 0.29) is 17.1 Å². The number of Topliss-reactive ketones (excluding diaryl/α,β-unsaturated/α-hetero) is 1. The van der Waals surface area contributed by atoms with Crippen molar-refractivity contribution < 1.29 is 14.7 Å². The molecule has 0 bridgehead atoms. The molecule has 0 fully saturated rings. The highest BCUT2D eigenvalue weighted by Gasteiger charge is 2.03. The van der Waals surface area contributed by atoms with Crippen LogP contribution in [-0.2, 0) is 0 Å². The van der Waals surface area contributed by atoms with Crippen LogP contribution in [0, 0.1) is 0 Å². The van der Waals surface area contributed by atoms with E-state index in [4.69, 9.17) is 5.11 Å². The van der Waals surface area contributed by atoms with Crippen LogP contribution in [0.1, 0.15) is 27.6 Å². The predicted molar refractivity (Wildman–Crippen MR) is 43.5 cm³/mol.